The molecular weight excluding hydrogens is 150 g/mol. The van der Waals surface area contributed by atoms with Crippen LogP contribution in [0.15, 0.2) is 0 Å². The Hall–Kier alpha value is -0.530. The molecule has 12 heavy (non-hydrogen) atoms. The van der Waals surface area contributed by atoms with Gasteiger partial charge in [-0.3, -0.25) is 4.79 Å². The van der Waals surface area contributed by atoms with Crippen LogP contribution >= 0.6 is 0 Å². The highest BCUT2D eigenvalue weighted by Gasteiger charge is 2.14. The number of amides is 1. The molecule has 2 nitrogen and oxygen atoms in total. The zero-order valence-corrected chi connectivity index (χ0v) is 7.96. The Morgan fingerprint density at radius 1 is 1.42 bits per heavy atom. The molecule has 0 aromatic carbocycles. The third-order valence-corrected chi connectivity index (χ3v) is 2.73. The first kappa shape index (κ1) is 9.56. The number of carbonyl (C=O) groups is 1. The molecule has 1 atom stereocenters. The highest BCUT2D eigenvalue weighted by molar-refractivity contribution is 5.46. The number of hydrogen-bond acceptors (Lipinski definition) is 1. The molecule has 0 radical (unpaired) electrons. The maximum Gasteiger partial charge on any atom is 0.209 e. The molecule has 0 aromatic heterocycles. The minimum absolute atomic E-state index is 0.875. The average molecular weight is 169 g/mol. The van der Waals surface area contributed by atoms with E-state index in [0.717, 1.165) is 25.4 Å². The Kier molecular flexibility index (Phi) is 4.12. The summed E-state index contributed by atoms with van der Waals surface area (Å²) in [6, 6.07) is 0. The van der Waals surface area contributed by atoms with Gasteiger partial charge in [-0.1, -0.05) is 19.8 Å². The van der Waals surface area contributed by atoms with E-state index in [1.807, 2.05) is 4.90 Å². The summed E-state index contributed by atoms with van der Waals surface area (Å²) < 4.78 is 0. The van der Waals surface area contributed by atoms with E-state index in [4.69, 9.17) is 0 Å². The van der Waals surface area contributed by atoms with Crippen LogP contribution in [0, 0.1) is 5.92 Å². The number of rotatable bonds is 3. The fraction of sp³-hybridized carbons (Fsp3) is 0.900. The van der Waals surface area contributed by atoms with Crippen molar-refractivity contribution in [2.24, 2.45) is 5.92 Å². The quantitative estimate of drug-likeness (QED) is 0.592. The van der Waals surface area contributed by atoms with Crippen LogP contribution in [0.5, 0.6) is 0 Å². The molecule has 1 rings (SSSR count). The lowest BCUT2D eigenvalue weighted by Gasteiger charge is -2.14. The van der Waals surface area contributed by atoms with E-state index in [2.05, 4.69) is 6.92 Å². The molecule has 0 N–H and O–H groups in total. The van der Waals surface area contributed by atoms with Crippen LogP contribution in [0.4, 0.5) is 0 Å². The molecule has 0 aromatic rings. The molecule has 0 spiro atoms. The smallest absolute Gasteiger partial charge is 0.209 e. The molecule has 1 heterocycles. The van der Waals surface area contributed by atoms with E-state index in [9.17, 15) is 4.79 Å². The lowest BCUT2D eigenvalue weighted by atomic mass is 9.96. The van der Waals surface area contributed by atoms with Crippen LogP contribution in [0.1, 0.15) is 39.0 Å². The number of carbonyl (C=O) groups excluding carboxylic acids is 1. The number of hydrogen-bond donors (Lipinski definition) is 0. The second-order valence-electron chi connectivity index (χ2n) is 3.73. The van der Waals surface area contributed by atoms with Crippen molar-refractivity contribution in [3.05, 3.63) is 0 Å². The summed E-state index contributed by atoms with van der Waals surface area (Å²) in [5, 5.41) is 0. The summed E-state index contributed by atoms with van der Waals surface area (Å²) in [7, 11) is 0. The standard InChI is InChI=1S/C10H19NO/c1-2-4-10-5-3-7-11(9-12)8-6-10/h9-10H,2-8H2,1H3. The number of nitrogens with zero attached hydrogens (tertiary/aromatic N) is 1. The first-order valence-electron chi connectivity index (χ1n) is 5.06. The SMILES string of the molecule is CCCC1CCCN(C=O)CC1. The fourth-order valence-electron chi connectivity index (χ4n) is 1.99. The molecular formula is C10H19NO. The fourth-order valence-corrected chi connectivity index (χ4v) is 1.99. The van der Waals surface area contributed by atoms with Crippen molar-refractivity contribution in [1.29, 1.82) is 0 Å². The predicted octanol–water partition coefficient (Wildman–Crippen LogP) is 2.04. The molecule has 1 fully saturated rings. The van der Waals surface area contributed by atoms with Gasteiger partial charge in [-0.25, -0.2) is 0 Å². The predicted molar refractivity (Wildman–Crippen MR) is 49.9 cm³/mol. The van der Waals surface area contributed by atoms with Crippen LogP contribution in [0.25, 0.3) is 0 Å². The molecule has 1 amide bonds. The minimum atomic E-state index is 0.875. The third-order valence-electron chi connectivity index (χ3n) is 2.73. The molecule has 2 heteroatoms. The van der Waals surface area contributed by atoms with Crippen molar-refractivity contribution in [3.63, 3.8) is 0 Å². The second kappa shape index (κ2) is 5.18. The highest BCUT2D eigenvalue weighted by atomic mass is 16.1. The van der Waals surface area contributed by atoms with Crippen molar-refractivity contribution < 1.29 is 4.79 Å². The van der Waals surface area contributed by atoms with Crippen LogP contribution in [0.3, 0.4) is 0 Å². The lowest BCUT2D eigenvalue weighted by Crippen LogP contribution is -2.22. The van der Waals surface area contributed by atoms with Crippen molar-refractivity contribution in [3.8, 4) is 0 Å². The van der Waals surface area contributed by atoms with E-state index in [-0.39, 0.29) is 0 Å². The second-order valence-corrected chi connectivity index (χ2v) is 3.73. The Labute approximate surface area is 74.9 Å². The van der Waals surface area contributed by atoms with E-state index in [0.29, 0.717) is 0 Å². The van der Waals surface area contributed by atoms with Crippen LogP contribution < -0.4 is 0 Å². The van der Waals surface area contributed by atoms with Gasteiger partial charge in [-0.15, -0.1) is 0 Å². The zero-order valence-electron chi connectivity index (χ0n) is 7.96. The Morgan fingerprint density at radius 3 is 2.92 bits per heavy atom. The molecule has 1 aliphatic heterocycles. The van der Waals surface area contributed by atoms with Crippen molar-refractivity contribution in [2.75, 3.05) is 13.1 Å². The van der Waals surface area contributed by atoms with Gasteiger partial charge in [0.2, 0.25) is 6.41 Å². The van der Waals surface area contributed by atoms with Crippen LogP contribution in [-0.2, 0) is 4.79 Å². The molecule has 0 bridgehead atoms. The van der Waals surface area contributed by atoms with Gasteiger partial charge in [0.1, 0.15) is 0 Å². The van der Waals surface area contributed by atoms with Crippen molar-refractivity contribution >= 4 is 6.41 Å². The van der Waals surface area contributed by atoms with Gasteiger partial charge in [-0.05, 0) is 25.2 Å². The van der Waals surface area contributed by atoms with E-state index in [1.165, 1.54) is 32.1 Å². The van der Waals surface area contributed by atoms with Crippen molar-refractivity contribution in [1.82, 2.24) is 4.90 Å². The van der Waals surface area contributed by atoms with Gasteiger partial charge >= 0.3 is 0 Å². The van der Waals surface area contributed by atoms with Crippen LogP contribution in [0.2, 0.25) is 0 Å². The summed E-state index contributed by atoms with van der Waals surface area (Å²) in [6.07, 6.45) is 7.35. The molecule has 1 saturated heterocycles. The lowest BCUT2D eigenvalue weighted by molar-refractivity contribution is -0.118. The molecule has 0 aliphatic carbocycles. The van der Waals surface area contributed by atoms with Gasteiger partial charge in [0.25, 0.3) is 0 Å². The summed E-state index contributed by atoms with van der Waals surface area (Å²) in [6.45, 7) is 4.19. The maximum absolute atomic E-state index is 10.5. The highest BCUT2D eigenvalue weighted by Crippen LogP contribution is 2.20. The van der Waals surface area contributed by atoms with E-state index in [1.54, 1.807) is 0 Å². The molecule has 0 saturated carbocycles. The Morgan fingerprint density at radius 2 is 2.25 bits per heavy atom. The van der Waals surface area contributed by atoms with Gasteiger partial charge in [0.15, 0.2) is 0 Å². The van der Waals surface area contributed by atoms with Gasteiger partial charge in [0, 0.05) is 13.1 Å². The largest absolute Gasteiger partial charge is 0.345 e. The van der Waals surface area contributed by atoms with Gasteiger partial charge < -0.3 is 4.90 Å². The van der Waals surface area contributed by atoms with Crippen LogP contribution in [-0.4, -0.2) is 24.4 Å². The van der Waals surface area contributed by atoms with Gasteiger partial charge in [0.05, 0.1) is 0 Å². The summed E-state index contributed by atoms with van der Waals surface area (Å²) >= 11 is 0. The molecule has 70 valence electrons. The zero-order chi connectivity index (χ0) is 8.81. The summed E-state index contributed by atoms with van der Waals surface area (Å²) in [4.78, 5) is 12.4. The maximum atomic E-state index is 10.5. The molecule has 1 aliphatic rings. The number of likely N-dealkylation sites (tertiary alicyclic amines) is 1. The summed E-state index contributed by atoms with van der Waals surface area (Å²) in [5.41, 5.74) is 0. The Bertz CT molecular complexity index is 136. The first-order chi connectivity index (χ1) is 5.86. The third kappa shape index (κ3) is 2.84. The topological polar surface area (TPSA) is 20.3 Å². The van der Waals surface area contributed by atoms with E-state index >= 15 is 0 Å². The Balaban J connectivity index is 2.28. The van der Waals surface area contributed by atoms with Crippen molar-refractivity contribution in [2.45, 2.75) is 39.0 Å². The first-order valence-corrected chi connectivity index (χ1v) is 5.06. The average Bonchev–Trinajstić information content (AvgIpc) is 2.31. The normalized spacial score (nSPS) is 25.1. The molecule has 1 unspecified atom stereocenters. The minimum Gasteiger partial charge on any atom is -0.345 e. The van der Waals surface area contributed by atoms with E-state index < -0.39 is 0 Å². The van der Waals surface area contributed by atoms with Gasteiger partial charge in [-0.2, -0.15) is 0 Å². The summed E-state index contributed by atoms with van der Waals surface area (Å²) in [5.74, 6) is 0.875. The monoisotopic (exact) mass is 169 g/mol.